The van der Waals surface area contributed by atoms with Gasteiger partial charge < -0.3 is 5.32 Å². The van der Waals surface area contributed by atoms with Crippen molar-refractivity contribution in [2.45, 2.75) is 13.5 Å². The van der Waals surface area contributed by atoms with Gasteiger partial charge in [-0.1, -0.05) is 17.7 Å². The molecule has 17 heavy (non-hydrogen) atoms. The summed E-state index contributed by atoms with van der Waals surface area (Å²) in [6.45, 7) is 2.70. The second-order valence-electron chi connectivity index (χ2n) is 3.64. The highest BCUT2D eigenvalue weighted by molar-refractivity contribution is 7.12. The number of hydrogen-bond donors (Lipinski definition) is 1. The van der Waals surface area contributed by atoms with Crippen molar-refractivity contribution in [1.82, 2.24) is 0 Å². The van der Waals surface area contributed by atoms with Gasteiger partial charge in [0, 0.05) is 22.1 Å². The molecule has 0 spiro atoms. The van der Waals surface area contributed by atoms with Gasteiger partial charge in [-0.25, -0.2) is 0 Å². The summed E-state index contributed by atoms with van der Waals surface area (Å²) >= 11 is 7.55. The number of thiophene rings is 1. The molecule has 0 aliphatic carbocycles. The van der Waals surface area contributed by atoms with Gasteiger partial charge in [-0.05, 0) is 36.8 Å². The number of benzene rings is 1. The van der Waals surface area contributed by atoms with Crippen molar-refractivity contribution in [3.8, 4) is 6.07 Å². The van der Waals surface area contributed by atoms with Crippen LogP contribution in [0.3, 0.4) is 0 Å². The Morgan fingerprint density at radius 1 is 1.35 bits per heavy atom. The standard InChI is InChI=1S/C13H11ClN2S/c1-9-12(14)3-2-4-13(9)16-8-11-6-5-10(7-15)17-11/h2-6,16H,8H2,1H3. The van der Waals surface area contributed by atoms with E-state index in [4.69, 9.17) is 16.9 Å². The fraction of sp³-hybridized carbons (Fsp3) is 0.154. The van der Waals surface area contributed by atoms with E-state index < -0.39 is 0 Å². The highest BCUT2D eigenvalue weighted by atomic mass is 35.5. The molecule has 2 nitrogen and oxygen atoms in total. The average Bonchev–Trinajstić information content (AvgIpc) is 2.79. The fourth-order valence-corrected chi connectivity index (χ4v) is 2.43. The predicted octanol–water partition coefficient (Wildman–Crippen LogP) is 4.19. The Morgan fingerprint density at radius 2 is 2.18 bits per heavy atom. The number of rotatable bonds is 3. The number of anilines is 1. The molecule has 1 aromatic heterocycles. The first-order chi connectivity index (χ1) is 8.20. The molecule has 0 unspecified atom stereocenters. The number of nitrogens with one attached hydrogen (secondary N) is 1. The third kappa shape index (κ3) is 2.79. The smallest absolute Gasteiger partial charge is 0.110 e. The summed E-state index contributed by atoms with van der Waals surface area (Å²) in [6, 6.07) is 11.7. The highest BCUT2D eigenvalue weighted by Crippen LogP contribution is 2.24. The zero-order chi connectivity index (χ0) is 12.3. The Morgan fingerprint density at radius 3 is 2.88 bits per heavy atom. The zero-order valence-corrected chi connectivity index (χ0v) is 10.9. The minimum Gasteiger partial charge on any atom is -0.380 e. The van der Waals surface area contributed by atoms with Gasteiger partial charge in [0.25, 0.3) is 0 Å². The van der Waals surface area contributed by atoms with Crippen LogP contribution in [-0.2, 0) is 6.54 Å². The van der Waals surface area contributed by atoms with E-state index in [0.29, 0.717) is 6.54 Å². The Labute approximate surface area is 109 Å². The number of hydrogen-bond acceptors (Lipinski definition) is 3. The molecule has 0 atom stereocenters. The molecule has 0 radical (unpaired) electrons. The summed E-state index contributed by atoms with van der Waals surface area (Å²) in [5.41, 5.74) is 2.08. The van der Waals surface area contributed by atoms with E-state index in [0.717, 1.165) is 26.0 Å². The second kappa shape index (κ2) is 5.22. The number of halogens is 1. The summed E-state index contributed by atoms with van der Waals surface area (Å²) in [5.74, 6) is 0. The average molecular weight is 263 g/mol. The van der Waals surface area contributed by atoms with E-state index in [-0.39, 0.29) is 0 Å². The molecule has 2 aromatic rings. The van der Waals surface area contributed by atoms with Gasteiger partial charge in [0.15, 0.2) is 0 Å². The van der Waals surface area contributed by atoms with Gasteiger partial charge in [0.05, 0.1) is 0 Å². The summed E-state index contributed by atoms with van der Waals surface area (Å²) in [5, 5.41) is 12.8. The van der Waals surface area contributed by atoms with Gasteiger partial charge in [-0.2, -0.15) is 5.26 Å². The predicted molar refractivity (Wildman–Crippen MR) is 72.5 cm³/mol. The Balaban J connectivity index is 2.07. The summed E-state index contributed by atoms with van der Waals surface area (Å²) in [6.07, 6.45) is 0. The lowest BCUT2D eigenvalue weighted by molar-refractivity contribution is 1.18. The van der Waals surface area contributed by atoms with Crippen LogP contribution < -0.4 is 5.32 Å². The van der Waals surface area contributed by atoms with Crippen LogP contribution in [-0.4, -0.2) is 0 Å². The molecular formula is C13H11ClN2S. The van der Waals surface area contributed by atoms with Gasteiger partial charge in [-0.15, -0.1) is 11.3 Å². The Hall–Kier alpha value is -1.50. The van der Waals surface area contributed by atoms with E-state index in [9.17, 15) is 0 Å². The molecule has 0 amide bonds. The van der Waals surface area contributed by atoms with Crippen LogP contribution in [0.2, 0.25) is 5.02 Å². The lowest BCUT2D eigenvalue weighted by atomic mass is 10.2. The molecule has 0 fully saturated rings. The molecule has 4 heteroatoms. The third-order valence-electron chi connectivity index (χ3n) is 2.49. The minimum atomic E-state index is 0.716. The van der Waals surface area contributed by atoms with Crippen molar-refractivity contribution in [3.63, 3.8) is 0 Å². The molecule has 0 aliphatic heterocycles. The summed E-state index contributed by atoms with van der Waals surface area (Å²) < 4.78 is 0. The lowest BCUT2D eigenvalue weighted by Crippen LogP contribution is -1.99. The Kier molecular flexibility index (Phi) is 3.68. The molecule has 1 heterocycles. The largest absolute Gasteiger partial charge is 0.380 e. The van der Waals surface area contributed by atoms with Crippen molar-refractivity contribution in [2.75, 3.05) is 5.32 Å². The Bertz CT molecular complexity index is 569. The maximum Gasteiger partial charge on any atom is 0.110 e. The van der Waals surface area contributed by atoms with Crippen LogP contribution >= 0.6 is 22.9 Å². The fourth-order valence-electron chi connectivity index (χ4n) is 1.51. The minimum absolute atomic E-state index is 0.716. The van der Waals surface area contributed by atoms with Crippen LogP contribution in [0.15, 0.2) is 30.3 Å². The normalized spacial score (nSPS) is 9.94. The first kappa shape index (κ1) is 12.0. The molecule has 0 saturated heterocycles. The molecule has 0 aliphatic rings. The molecule has 86 valence electrons. The maximum atomic E-state index is 8.74. The van der Waals surface area contributed by atoms with E-state index in [1.807, 2.05) is 37.3 Å². The number of nitrogens with zero attached hydrogens (tertiary/aromatic N) is 1. The quantitative estimate of drug-likeness (QED) is 0.900. The van der Waals surface area contributed by atoms with E-state index in [1.54, 1.807) is 0 Å². The highest BCUT2D eigenvalue weighted by Gasteiger charge is 2.03. The monoisotopic (exact) mass is 262 g/mol. The molecular weight excluding hydrogens is 252 g/mol. The first-order valence-electron chi connectivity index (χ1n) is 5.18. The molecule has 1 N–H and O–H groups in total. The van der Waals surface area contributed by atoms with Crippen LogP contribution in [0, 0.1) is 18.3 Å². The van der Waals surface area contributed by atoms with Crippen LogP contribution in [0.5, 0.6) is 0 Å². The van der Waals surface area contributed by atoms with Crippen LogP contribution in [0.25, 0.3) is 0 Å². The van der Waals surface area contributed by atoms with Gasteiger partial charge in [0.2, 0.25) is 0 Å². The van der Waals surface area contributed by atoms with Crippen molar-refractivity contribution >= 4 is 28.6 Å². The van der Waals surface area contributed by atoms with Crippen molar-refractivity contribution in [3.05, 3.63) is 50.7 Å². The van der Waals surface area contributed by atoms with Crippen molar-refractivity contribution < 1.29 is 0 Å². The van der Waals surface area contributed by atoms with E-state index in [1.165, 1.54) is 11.3 Å². The van der Waals surface area contributed by atoms with Crippen molar-refractivity contribution in [1.29, 1.82) is 5.26 Å². The van der Waals surface area contributed by atoms with E-state index in [2.05, 4.69) is 11.4 Å². The van der Waals surface area contributed by atoms with Gasteiger partial charge in [-0.3, -0.25) is 0 Å². The molecule has 0 bridgehead atoms. The van der Waals surface area contributed by atoms with Crippen LogP contribution in [0.1, 0.15) is 15.3 Å². The zero-order valence-electron chi connectivity index (χ0n) is 9.33. The topological polar surface area (TPSA) is 35.8 Å². The second-order valence-corrected chi connectivity index (χ2v) is 5.22. The molecule has 2 rings (SSSR count). The molecule has 1 aromatic carbocycles. The summed E-state index contributed by atoms with van der Waals surface area (Å²) in [7, 11) is 0. The van der Waals surface area contributed by atoms with Gasteiger partial charge in [0.1, 0.15) is 10.9 Å². The number of nitriles is 1. The first-order valence-corrected chi connectivity index (χ1v) is 6.38. The third-order valence-corrected chi connectivity index (χ3v) is 3.89. The van der Waals surface area contributed by atoms with E-state index >= 15 is 0 Å². The lowest BCUT2D eigenvalue weighted by Gasteiger charge is -2.09. The molecule has 0 saturated carbocycles. The summed E-state index contributed by atoms with van der Waals surface area (Å²) in [4.78, 5) is 1.88. The van der Waals surface area contributed by atoms with Crippen LogP contribution in [0.4, 0.5) is 5.69 Å². The van der Waals surface area contributed by atoms with Gasteiger partial charge >= 0.3 is 0 Å². The van der Waals surface area contributed by atoms with Crippen molar-refractivity contribution in [2.24, 2.45) is 0 Å². The SMILES string of the molecule is Cc1c(Cl)cccc1NCc1ccc(C#N)s1. The maximum absolute atomic E-state index is 8.74.